The number of aromatic amines is 1. The van der Waals surface area contributed by atoms with E-state index in [1.54, 1.807) is 0 Å². The Morgan fingerprint density at radius 2 is 1.86 bits per heavy atom. The molecule has 0 amide bonds. The number of hydrogen-bond donors (Lipinski definition) is 3. The summed E-state index contributed by atoms with van der Waals surface area (Å²) in [6, 6.07) is 3.99. The maximum Gasteiger partial charge on any atom is 0.346 e. The minimum Gasteiger partial charge on any atom is -0.321 e. The quantitative estimate of drug-likeness (QED) is 0.356. The van der Waals surface area contributed by atoms with Crippen molar-refractivity contribution in [1.29, 1.82) is 0 Å². The molecule has 0 aromatic carbocycles. The van der Waals surface area contributed by atoms with Crippen LogP contribution in [0.25, 0.3) is 16.7 Å². The fourth-order valence-electron chi connectivity index (χ4n) is 3.89. The average molecular weight is 382 g/mol. The van der Waals surface area contributed by atoms with E-state index < -0.39 is 0 Å². The van der Waals surface area contributed by atoms with Gasteiger partial charge in [0.25, 0.3) is 0 Å². The van der Waals surface area contributed by atoms with Crippen molar-refractivity contribution in [1.82, 2.24) is 15.1 Å². The number of H-pyrrole nitrogens is 1. The summed E-state index contributed by atoms with van der Waals surface area (Å²) in [6.07, 6.45) is 6.87. The zero-order valence-corrected chi connectivity index (χ0v) is 18.1. The first-order valence-electron chi connectivity index (χ1n) is 9.93. The molecule has 3 aromatic rings. The maximum absolute atomic E-state index is 5.79. The molecule has 0 spiro atoms. The van der Waals surface area contributed by atoms with Gasteiger partial charge in [0.05, 0.1) is 16.6 Å². The number of hydrazine groups is 1. The summed E-state index contributed by atoms with van der Waals surface area (Å²) < 4.78 is 1.97. The van der Waals surface area contributed by atoms with Gasteiger partial charge in [-0.3, -0.25) is 10.8 Å². The Morgan fingerprint density at radius 3 is 2.43 bits per heavy atom. The first kappa shape index (κ1) is 20.3. The molecule has 0 saturated heterocycles. The van der Waals surface area contributed by atoms with Gasteiger partial charge in [-0.2, -0.15) is 0 Å². The molecule has 0 bridgehead atoms. The zero-order valence-electron chi connectivity index (χ0n) is 18.1. The van der Waals surface area contributed by atoms with Crippen LogP contribution >= 0.6 is 0 Å². The fraction of sp³-hybridized carbons (Fsp3) is 0.500. The summed E-state index contributed by atoms with van der Waals surface area (Å²) in [5.74, 6) is 6.92. The van der Waals surface area contributed by atoms with Gasteiger partial charge in [-0.05, 0) is 28.3 Å². The van der Waals surface area contributed by atoms with Gasteiger partial charge in [-0.15, -0.1) is 4.68 Å². The first-order chi connectivity index (χ1) is 13.1. The Kier molecular flexibility index (Phi) is 5.19. The number of rotatable bonds is 4. The summed E-state index contributed by atoms with van der Waals surface area (Å²) in [6.45, 7) is 15.5. The van der Waals surface area contributed by atoms with Crippen molar-refractivity contribution in [3.05, 3.63) is 42.0 Å². The third kappa shape index (κ3) is 3.74. The number of pyridine rings is 2. The normalized spacial score (nSPS) is 13.7. The second kappa shape index (κ2) is 7.17. The van der Waals surface area contributed by atoms with Crippen LogP contribution in [0.2, 0.25) is 0 Å². The highest BCUT2D eigenvalue weighted by atomic mass is 15.3. The minimum absolute atomic E-state index is 0.000645. The van der Waals surface area contributed by atoms with Crippen molar-refractivity contribution in [3.63, 3.8) is 0 Å². The maximum atomic E-state index is 5.79. The Labute approximate surface area is 167 Å². The van der Waals surface area contributed by atoms with Crippen molar-refractivity contribution in [2.45, 2.75) is 66.2 Å². The van der Waals surface area contributed by atoms with E-state index >= 15 is 0 Å². The van der Waals surface area contributed by atoms with E-state index in [1.165, 1.54) is 5.56 Å². The number of nitrogens with two attached hydrogens (primary N) is 1. The topological polar surface area (TPSA) is 83.5 Å². The summed E-state index contributed by atoms with van der Waals surface area (Å²) in [5, 5.41) is 4.58. The molecule has 3 rings (SSSR count). The van der Waals surface area contributed by atoms with Gasteiger partial charge in [-0.25, -0.2) is 5.10 Å². The highest BCUT2D eigenvalue weighted by Gasteiger charge is 2.32. The Bertz CT molecular complexity index is 975. The van der Waals surface area contributed by atoms with Gasteiger partial charge in [0.15, 0.2) is 5.69 Å². The number of nitrogen functional groups attached to an aromatic ring is 1. The second-order valence-corrected chi connectivity index (χ2v) is 9.59. The van der Waals surface area contributed by atoms with Crippen LogP contribution in [0.3, 0.4) is 0 Å². The second-order valence-electron chi connectivity index (χ2n) is 9.59. The lowest BCUT2D eigenvalue weighted by atomic mass is 9.76. The molecule has 1 unspecified atom stereocenters. The molecular weight excluding hydrogens is 348 g/mol. The molecule has 1 atom stereocenters. The van der Waals surface area contributed by atoms with Crippen LogP contribution in [0.5, 0.6) is 0 Å². The third-order valence-corrected chi connectivity index (χ3v) is 5.38. The Balaban J connectivity index is 2.16. The van der Waals surface area contributed by atoms with Crippen LogP contribution < -0.4 is 16.0 Å². The van der Waals surface area contributed by atoms with Crippen LogP contribution in [0, 0.1) is 5.41 Å². The Morgan fingerprint density at radius 1 is 1.14 bits per heavy atom. The van der Waals surface area contributed by atoms with Crippen LogP contribution in [-0.4, -0.2) is 15.1 Å². The van der Waals surface area contributed by atoms with Crippen molar-refractivity contribution in [2.24, 2.45) is 11.3 Å². The molecule has 28 heavy (non-hydrogen) atoms. The molecule has 150 valence electrons. The van der Waals surface area contributed by atoms with Crippen molar-refractivity contribution < 1.29 is 4.68 Å². The molecule has 6 heteroatoms. The largest absolute Gasteiger partial charge is 0.346 e. The van der Waals surface area contributed by atoms with Gasteiger partial charge in [-0.1, -0.05) is 48.5 Å². The van der Waals surface area contributed by atoms with Gasteiger partial charge >= 0.3 is 5.82 Å². The molecule has 0 saturated carbocycles. The van der Waals surface area contributed by atoms with Crippen LogP contribution in [-0.2, 0) is 5.41 Å². The molecule has 0 aliphatic carbocycles. The first-order valence-corrected chi connectivity index (χ1v) is 9.93. The van der Waals surface area contributed by atoms with E-state index in [2.05, 4.69) is 70.2 Å². The monoisotopic (exact) mass is 381 g/mol. The number of nitrogens with one attached hydrogen (secondary N) is 2. The van der Waals surface area contributed by atoms with E-state index in [-0.39, 0.29) is 16.7 Å². The lowest BCUT2D eigenvalue weighted by Crippen LogP contribution is -2.34. The van der Waals surface area contributed by atoms with Gasteiger partial charge in [0.2, 0.25) is 0 Å². The van der Waals surface area contributed by atoms with Crippen LogP contribution in [0.1, 0.15) is 72.1 Å². The van der Waals surface area contributed by atoms with Gasteiger partial charge < -0.3 is 5.43 Å². The summed E-state index contributed by atoms with van der Waals surface area (Å²) in [5.41, 5.74) is 7.06. The molecule has 3 aromatic heterocycles. The fourth-order valence-corrected chi connectivity index (χ4v) is 3.89. The van der Waals surface area contributed by atoms with E-state index in [0.717, 1.165) is 34.5 Å². The predicted molar refractivity (Wildman–Crippen MR) is 114 cm³/mol. The summed E-state index contributed by atoms with van der Waals surface area (Å²) in [4.78, 5) is 9.43. The minimum atomic E-state index is 0.000645. The van der Waals surface area contributed by atoms with Crippen molar-refractivity contribution in [3.8, 4) is 5.82 Å². The molecule has 0 aliphatic heterocycles. The highest BCUT2D eigenvalue weighted by Crippen LogP contribution is 2.39. The number of hydrogen-bond acceptors (Lipinski definition) is 4. The van der Waals surface area contributed by atoms with Crippen molar-refractivity contribution >= 4 is 16.6 Å². The smallest absolute Gasteiger partial charge is 0.321 e. The van der Waals surface area contributed by atoms with E-state index in [0.29, 0.717) is 0 Å². The lowest BCUT2D eigenvalue weighted by molar-refractivity contribution is -0.656. The van der Waals surface area contributed by atoms with Crippen molar-refractivity contribution in [2.75, 3.05) is 5.43 Å². The van der Waals surface area contributed by atoms with Crippen LogP contribution in [0.15, 0.2) is 30.7 Å². The van der Waals surface area contributed by atoms with Gasteiger partial charge in [0, 0.05) is 29.9 Å². The van der Waals surface area contributed by atoms with Gasteiger partial charge in [0.1, 0.15) is 6.20 Å². The summed E-state index contributed by atoms with van der Waals surface area (Å²) >= 11 is 0. The molecule has 6 nitrogen and oxygen atoms in total. The molecular formula is C22H33N6+. The lowest BCUT2D eigenvalue weighted by Gasteiger charge is -2.28. The SMILES string of the molecule is CCC(c1nc(-[n+]2cc3cncc(C(C)(C)C)c3[nH]2)ccc1NN)C(C)(C)C. The average Bonchev–Trinajstić information content (AvgIpc) is 3.04. The van der Waals surface area contributed by atoms with E-state index in [1.807, 2.05) is 29.2 Å². The predicted octanol–water partition coefficient (Wildman–Crippen LogP) is 4.36. The third-order valence-electron chi connectivity index (χ3n) is 5.38. The van der Waals surface area contributed by atoms with E-state index in [9.17, 15) is 0 Å². The standard InChI is InChI=1S/C22H32N6/c1-8-15(21(2,3)4)20-17(26-23)9-10-18(25-20)28-13-14-11-24-12-16(19(14)27-28)22(5,6)7/h9-13,15,26H,8,23H2,1-7H3/p+1. The number of fused-ring (bicyclic) bond motifs is 1. The molecule has 3 heterocycles. The number of nitrogens with zero attached hydrogens (tertiary/aromatic N) is 3. The molecule has 0 fully saturated rings. The number of anilines is 1. The molecule has 0 aliphatic rings. The Hall–Kier alpha value is -2.47. The number of aromatic nitrogens is 4. The summed E-state index contributed by atoms with van der Waals surface area (Å²) in [7, 11) is 0. The van der Waals surface area contributed by atoms with E-state index in [4.69, 9.17) is 10.8 Å². The highest BCUT2D eigenvalue weighted by molar-refractivity contribution is 5.80. The van der Waals surface area contributed by atoms with Crippen LogP contribution in [0.4, 0.5) is 5.69 Å². The zero-order chi connectivity index (χ0) is 20.7. The molecule has 0 radical (unpaired) electrons. The molecule has 4 N–H and O–H groups in total.